The van der Waals surface area contributed by atoms with E-state index in [-0.39, 0.29) is 6.42 Å². The summed E-state index contributed by atoms with van der Waals surface area (Å²) in [5.74, 6) is 0.677. The standard InChI is InChI=1S/C19H16O5/c1-12-9-18(20)24-17-11-15(7-8-16(12)17)23-19(21)10-13-3-5-14(22-2)6-4-13/h3-9,11H,10H2,1-2H3. The van der Waals surface area contributed by atoms with Gasteiger partial charge in [0.1, 0.15) is 17.1 Å². The summed E-state index contributed by atoms with van der Waals surface area (Å²) < 4.78 is 15.6. The Balaban J connectivity index is 1.76. The molecule has 3 aromatic rings. The molecule has 0 spiro atoms. The number of esters is 1. The quantitative estimate of drug-likeness (QED) is 0.419. The summed E-state index contributed by atoms with van der Waals surface area (Å²) in [5.41, 5.74) is 1.61. The third kappa shape index (κ3) is 3.46. The zero-order valence-corrected chi connectivity index (χ0v) is 13.4. The molecule has 0 N–H and O–H groups in total. The lowest BCUT2D eigenvalue weighted by molar-refractivity contribution is -0.133. The highest BCUT2D eigenvalue weighted by atomic mass is 16.5. The number of hydrogen-bond acceptors (Lipinski definition) is 5. The Labute approximate surface area is 138 Å². The van der Waals surface area contributed by atoms with Crippen LogP contribution in [0.4, 0.5) is 0 Å². The van der Waals surface area contributed by atoms with Gasteiger partial charge in [-0.3, -0.25) is 4.79 Å². The van der Waals surface area contributed by atoms with Gasteiger partial charge in [0.15, 0.2) is 0 Å². The molecule has 2 aromatic carbocycles. The molecule has 5 heteroatoms. The van der Waals surface area contributed by atoms with Gasteiger partial charge in [0, 0.05) is 17.5 Å². The largest absolute Gasteiger partial charge is 0.497 e. The normalized spacial score (nSPS) is 10.6. The molecule has 0 aliphatic heterocycles. The molecule has 0 saturated carbocycles. The lowest BCUT2D eigenvalue weighted by Crippen LogP contribution is -2.11. The van der Waals surface area contributed by atoms with Crippen LogP contribution in [0.2, 0.25) is 0 Å². The van der Waals surface area contributed by atoms with Crippen molar-refractivity contribution in [2.45, 2.75) is 13.3 Å². The van der Waals surface area contributed by atoms with Gasteiger partial charge < -0.3 is 13.9 Å². The maximum atomic E-state index is 12.1. The number of fused-ring (bicyclic) bond motifs is 1. The molecule has 0 radical (unpaired) electrons. The first-order valence-corrected chi connectivity index (χ1v) is 7.43. The van der Waals surface area contributed by atoms with E-state index in [4.69, 9.17) is 13.9 Å². The molecule has 0 unspecified atom stereocenters. The minimum atomic E-state index is -0.429. The van der Waals surface area contributed by atoms with E-state index in [0.29, 0.717) is 11.3 Å². The fourth-order valence-electron chi connectivity index (χ4n) is 2.45. The van der Waals surface area contributed by atoms with Gasteiger partial charge >= 0.3 is 11.6 Å². The predicted octanol–water partition coefficient (Wildman–Crippen LogP) is 3.26. The molecule has 0 aliphatic carbocycles. The second kappa shape index (κ2) is 6.58. The van der Waals surface area contributed by atoms with Crippen molar-refractivity contribution >= 4 is 16.9 Å². The highest BCUT2D eigenvalue weighted by Crippen LogP contribution is 2.22. The molecule has 0 aliphatic rings. The summed E-state index contributed by atoms with van der Waals surface area (Å²) in [6.07, 6.45) is 0.139. The maximum Gasteiger partial charge on any atom is 0.336 e. The third-order valence-electron chi connectivity index (χ3n) is 3.66. The number of hydrogen-bond donors (Lipinski definition) is 0. The van der Waals surface area contributed by atoms with Crippen LogP contribution in [0.25, 0.3) is 11.0 Å². The summed E-state index contributed by atoms with van der Waals surface area (Å²) in [7, 11) is 1.59. The molecule has 0 saturated heterocycles. The number of ether oxygens (including phenoxy) is 2. The third-order valence-corrected chi connectivity index (χ3v) is 3.66. The number of carbonyl (C=O) groups excluding carboxylic acids is 1. The van der Waals surface area contributed by atoms with Gasteiger partial charge in [-0.1, -0.05) is 12.1 Å². The number of aryl methyl sites for hydroxylation is 1. The Hall–Kier alpha value is -3.08. The zero-order valence-electron chi connectivity index (χ0n) is 13.4. The van der Waals surface area contributed by atoms with Gasteiger partial charge in [-0.15, -0.1) is 0 Å². The number of rotatable bonds is 4. The lowest BCUT2D eigenvalue weighted by atomic mass is 10.1. The highest BCUT2D eigenvalue weighted by Gasteiger charge is 2.09. The van der Waals surface area contributed by atoms with Gasteiger partial charge in [0.05, 0.1) is 13.5 Å². The van der Waals surface area contributed by atoms with Crippen LogP contribution in [0.5, 0.6) is 11.5 Å². The first-order valence-electron chi connectivity index (χ1n) is 7.43. The summed E-state index contributed by atoms with van der Waals surface area (Å²) in [6, 6.07) is 13.6. The molecule has 5 nitrogen and oxygen atoms in total. The summed E-state index contributed by atoms with van der Waals surface area (Å²) in [4.78, 5) is 23.5. The minimum Gasteiger partial charge on any atom is -0.497 e. The van der Waals surface area contributed by atoms with Crippen molar-refractivity contribution in [1.82, 2.24) is 0 Å². The minimum absolute atomic E-state index is 0.139. The van der Waals surface area contributed by atoms with Crippen molar-refractivity contribution in [2.24, 2.45) is 0 Å². The van der Waals surface area contributed by atoms with Crippen LogP contribution in [0.1, 0.15) is 11.1 Å². The summed E-state index contributed by atoms with van der Waals surface area (Å²) >= 11 is 0. The zero-order chi connectivity index (χ0) is 17.1. The van der Waals surface area contributed by atoms with Gasteiger partial charge in [0.25, 0.3) is 0 Å². The highest BCUT2D eigenvalue weighted by molar-refractivity contribution is 5.82. The molecule has 1 heterocycles. The fourth-order valence-corrected chi connectivity index (χ4v) is 2.45. The Morgan fingerprint density at radius 1 is 1.04 bits per heavy atom. The van der Waals surface area contributed by atoms with E-state index in [1.165, 1.54) is 6.07 Å². The monoisotopic (exact) mass is 324 g/mol. The Morgan fingerprint density at radius 2 is 1.75 bits per heavy atom. The van der Waals surface area contributed by atoms with E-state index >= 15 is 0 Å². The molecular formula is C19H16O5. The van der Waals surface area contributed by atoms with Crippen LogP contribution in [0.15, 0.2) is 57.7 Å². The molecule has 1 aromatic heterocycles. The average molecular weight is 324 g/mol. The molecular weight excluding hydrogens is 308 g/mol. The van der Waals surface area contributed by atoms with Crippen molar-refractivity contribution in [1.29, 1.82) is 0 Å². The van der Waals surface area contributed by atoms with E-state index in [1.807, 2.05) is 19.1 Å². The molecule has 3 rings (SSSR count). The molecule has 24 heavy (non-hydrogen) atoms. The van der Waals surface area contributed by atoms with Crippen LogP contribution in [-0.4, -0.2) is 13.1 Å². The van der Waals surface area contributed by atoms with E-state index in [0.717, 1.165) is 22.3 Å². The topological polar surface area (TPSA) is 65.7 Å². The van der Waals surface area contributed by atoms with E-state index in [9.17, 15) is 9.59 Å². The van der Waals surface area contributed by atoms with Gasteiger partial charge in [0.2, 0.25) is 0 Å². The maximum absolute atomic E-state index is 12.1. The van der Waals surface area contributed by atoms with E-state index < -0.39 is 11.6 Å². The van der Waals surface area contributed by atoms with Gasteiger partial charge in [-0.25, -0.2) is 4.79 Å². The van der Waals surface area contributed by atoms with Gasteiger partial charge in [-0.05, 0) is 42.3 Å². The lowest BCUT2D eigenvalue weighted by Gasteiger charge is -2.07. The van der Waals surface area contributed by atoms with Crippen molar-refractivity contribution in [3.63, 3.8) is 0 Å². The average Bonchev–Trinajstić information content (AvgIpc) is 2.55. The molecule has 0 fully saturated rings. The predicted molar refractivity (Wildman–Crippen MR) is 89.6 cm³/mol. The van der Waals surface area contributed by atoms with Crippen LogP contribution < -0.4 is 15.1 Å². The molecule has 0 atom stereocenters. The molecule has 0 bridgehead atoms. The first kappa shape index (κ1) is 15.8. The number of methoxy groups -OCH3 is 1. The second-order valence-corrected chi connectivity index (χ2v) is 5.41. The van der Waals surface area contributed by atoms with Crippen molar-refractivity contribution in [3.8, 4) is 11.5 Å². The van der Waals surface area contributed by atoms with Crippen molar-refractivity contribution < 1.29 is 18.7 Å². The second-order valence-electron chi connectivity index (χ2n) is 5.41. The van der Waals surface area contributed by atoms with Crippen LogP contribution in [0.3, 0.4) is 0 Å². The number of benzene rings is 2. The van der Waals surface area contributed by atoms with Crippen molar-refractivity contribution in [3.05, 3.63) is 70.1 Å². The Bertz CT molecular complexity index is 938. The Morgan fingerprint density at radius 3 is 2.46 bits per heavy atom. The first-order chi connectivity index (χ1) is 11.5. The fraction of sp³-hybridized carbons (Fsp3) is 0.158. The summed E-state index contributed by atoms with van der Waals surface area (Å²) in [6.45, 7) is 1.83. The molecule has 122 valence electrons. The van der Waals surface area contributed by atoms with Crippen LogP contribution >= 0.6 is 0 Å². The van der Waals surface area contributed by atoms with Crippen LogP contribution in [0, 0.1) is 6.92 Å². The molecule has 0 amide bonds. The van der Waals surface area contributed by atoms with Gasteiger partial charge in [-0.2, -0.15) is 0 Å². The summed E-state index contributed by atoms with van der Waals surface area (Å²) in [5, 5.41) is 0.810. The smallest absolute Gasteiger partial charge is 0.336 e. The van der Waals surface area contributed by atoms with Crippen LogP contribution in [-0.2, 0) is 11.2 Å². The SMILES string of the molecule is COc1ccc(CC(=O)Oc2ccc3c(C)cc(=O)oc3c2)cc1. The Kier molecular flexibility index (Phi) is 4.33. The number of carbonyl (C=O) groups is 1. The van der Waals surface area contributed by atoms with E-state index in [2.05, 4.69) is 0 Å². The van der Waals surface area contributed by atoms with E-state index in [1.54, 1.807) is 37.4 Å². The van der Waals surface area contributed by atoms with Crippen molar-refractivity contribution in [2.75, 3.05) is 7.11 Å².